The highest BCUT2D eigenvalue weighted by Crippen LogP contribution is 2.29. The van der Waals surface area contributed by atoms with E-state index >= 15 is 0 Å². The minimum absolute atomic E-state index is 0.0529. The van der Waals surface area contributed by atoms with Crippen molar-refractivity contribution in [3.8, 4) is 5.75 Å². The van der Waals surface area contributed by atoms with Gasteiger partial charge in [0.15, 0.2) is 0 Å². The van der Waals surface area contributed by atoms with Gasteiger partial charge in [-0.1, -0.05) is 53.2 Å². The molecule has 19 heavy (non-hydrogen) atoms. The van der Waals surface area contributed by atoms with Crippen molar-refractivity contribution in [1.82, 2.24) is 4.90 Å². The van der Waals surface area contributed by atoms with Gasteiger partial charge in [0, 0.05) is 23.8 Å². The number of amides is 1. The summed E-state index contributed by atoms with van der Waals surface area (Å²) >= 11 is 3.42. The number of aromatic hydroxyl groups is 1. The van der Waals surface area contributed by atoms with Gasteiger partial charge in [0.25, 0.3) is 5.91 Å². The van der Waals surface area contributed by atoms with Gasteiger partial charge in [0.05, 0.1) is 5.56 Å². The number of carbonyl (C=O) groups excluding carboxylic acids is 1. The predicted octanol–water partition coefficient (Wildman–Crippen LogP) is 3.40. The highest BCUT2D eigenvalue weighted by Gasteiger charge is 2.18. The van der Waals surface area contributed by atoms with Crippen LogP contribution in [0.5, 0.6) is 5.75 Å². The van der Waals surface area contributed by atoms with Gasteiger partial charge >= 0.3 is 0 Å². The van der Waals surface area contributed by atoms with Gasteiger partial charge in [-0.3, -0.25) is 4.79 Å². The Kier molecular flexibility index (Phi) is 4.10. The van der Waals surface area contributed by atoms with Crippen LogP contribution in [-0.2, 0) is 0 Å². The van der Waals surface area contributed by atoms with Crippen LogP contribution in [0.3, 0.4) is 0 Å². The average Bonchev–Trinajstić information content (AvgIpc) is 2.38. The molecule has 0 aliphatic heterocycles. The van der Waals surface area contributed by atoms with E-state index in [0.29, 0.717) is 17.5 Å². The number of halogens is 1. The maximum absolute atomic E-state index is 12.3. The lowest BCUT2D eigenvalue weighted by Crippen LogP contribution is -2.31. The maximum atomic E-state index is 12.3. The van der Waals surface area contributed by atoms with Crippen molar-refractivity contribution in [2.24, 2.45) is 0 Å². The minimum atomic E-state index is -0.172. The van der Waals surface area contributed by atoms with Gasteiger partial charge in [-0.25, -0.2) is 0 Å². The summed E-state index contributed by atoms with van der Waals surface area (Å²) in [6.07, 6.45) is 0. The second kappa shape index (κ2) is 5.61. The molecule has 2 rings (SSSR count). The first-order valence-corrected chi connectivity index (χ1v) is 7.02. The first-order chi connectivity index (χ1) is 9.00. The molecular formula is C15H16BrNO2. The van der Waals surface area contributed by atoms with Crippen LogP contribution >= 0.6 is 15.9 Å². The topological polar surface area (TPSA) is 40.5 Å². The van der Waals surface area contributed by atoms with Gasteiger partial charge in [0.1, 0.15) is 5.75 Å². The molecule has 0 radical (unpaired) electrons. The van der Waals surface area contributed by atoms with Crippen LogP contribution in [0.4, 0.5) is 0 Å². The second-order valence-corrected chi connectivity index (χ2v) is 6.21. The average molecular weight is 322 g/mol. The molecule has 1 N–H and O–H groups in total. The number of phenolic OH excluding ortho intramolecular Hbond substituents is 1. The summed E-state index contributed by atoms with van der Waals surface area (Å²) in [6, 6.07) is 11.0. The van der Waals surface area contributed by atoms with Gasteiger partial charge in [0.2, 0.25) is 0 Å². The van der Waals surface area contributed by atoms with E-state index in [0.717, 1.165) is 5.39 Å². The molecule has 100 valence electrons. The van der Waals surface area contributed by atoms with Crippen LogP contribution in [0, 0.1) is 0 Å². The summed E-state index contributed by atoms with van der Waals surface area (Å²) in [4.78, 5) is 14.1. The van der Waals surface area contributed by atoms with Crippen molar-refractivity contribution in [1.29, 1.82) is 0 Å². The third-order valence-corrected chi connectivity index (χ3v) is 3.29. The Morgan fingerprint density at radius 1 is 1.32 bits per heavy atom. The molecule has 0 bridgehead atoms. The summed E-state index contributed by atoms with van der Waals surface area (Å²) in [6.45, 7) is 2.56. The van der Waals surface area contributed by atoms with E-state index in [1.165, 1.54) is 0 Å². The first kappa shape index (κ1) is 13.9. The molecule has 0 spiro atoms. The van der Waals surface area contributed by atoms with Crippen LogP contribution in [0.25, 0.3) is 10.8 Å². The standard InChI is InChI=1S/C15H16BrNO2/c1-10(16)9-17(2)15(19)13-8-7-11-5-3-4-6-12(11)14(13)18/h3-8,10,18H,9H2,1-2H3. The molecule has 0 heterocycles. The molecule has 1 atom stereocenters. The lowest BCUT2D eigenvalue weighted by Gasteiger charge is -2.19. The molecule has 3 nitrogen and oxygen atoms in total. The van der Waals surface area contributed by atoms with Crippen molar-refractivity contribution in [3.05, 3.63) is 42.0 Å². The van der Waals surface area contributed by atoms with Crippen LogP contribution < -0.4 is 0 Å². The van der Waals surface area contributed by atoms with Gasteiger partial charge in [-0.2, -0.15) is 0 Å². The lowest BCUT2D eigenvalue weighted by molar-refractivity contribution is 0.0794. The van der Waals surface area contributed by atoms with Gasteiger partial charge in [-0.05, 0) is 11.5 Å². The maximum Gasteiger partial charge on any atom is 0.257 e. The summed E-state index contributed by atoms with van der Waals surface area (Å²) in [5.74, 6) is -0.119. The zero-order chi connectivity index (χ0) is 14.0. The van der Waals surface area contributed by atoms with Crippen LogP contribution in [-0.4, -0.2) is 34.3 Å². The zero-order valence-corrected chi connectivity index (χ0v) is 12.5. The van der Waals surface area contributed by atoms with Crippen LogP contribution in [0.2, 0.25) is 0 Å². The van der Waals surface area contributed by atoms with Crippen molar-refractivity contribution in [2.75, 3.05) is 13.6 Å². The smallest absolute Gasteiger partial charge is 0.257 e. The zero-order valence-electron chi connectivity index (χ0n) is 10.9. The van der Waals surface area contributed by atoms with Crippen molar-refractivity contribution < 1.29 is 9.90 Å². The number of fused-ring (bicyclic) bond motifs is 1. The third-order valence-electron chi connectivity index (χ3n) is 3.00. The third kappa shape index (κ3) is 2.89. The Hall–Kier alpha value is -1.55. The number of rotatable bonds is 3. The number of nitrogens with zero attached hydrogens (tertiary/aromatic N) is 1. The van der Waals surface area contributed by atoms with E-state index in [-0.39, 0.29) is 16.5 Å². The van der Waals surface area contributed by atoms with E-state index in [9.17, 15) is 9.90 Å². The molecule has 0 saturated heterocycles. The molecule has 2 aromatic carbocycles. The number of benzene rings is 2. The molecule has 0 aromatic heterocycles. The molecule has 1 amide bonds. The number of alkyl halides is 1. The molecule has 2 aromatic rings. The molecule has 4 heteroatoms. The fourth-order valence-corrected chi connectivity index (χ4v) is 2.53. The van der Waals surface area contributed by atoms with Crippen LogP contribution in [0.1, 0.15) is 17.3 Å². The van der Waals surface area contributed by atoms with E-state index in [2.05, 4.69) is 15.9 Å². The van der Waals surface area contributed by atoms with Crippen LogP contribution in [0.15, 0.2) is 36.4 Å². The highest BCUT2D eigenvalue weighted by molar-refractivity contribution is 9.09. The molecule has 0 fully saturated rings. The number of carbonyl (C=O) groups is 1. The van der Waals surface area contributed by atoms with Crippen molar-refractivity contribution in [3.63, 3.8) is 0 Å². The first-order valence-electron chi connectivity index (χ1n) is 6.11. The molecule has 0 saturated carbocycles. The largest absolute Gasteiger partial charge is 0.506 e. The molecular weight excluding hydrogens is 306 g/mol. The fraction of sp³-hybridized carbons (Fsp3) is 0.267. The van der Waals surface area contributed by atoms with E-state index in [4.69, 9.17) is 0 Å². The number of hydrogen-bond donors (Lipinski definition) is 1. The SMILES string of the molecule is CC(Br)CN(C)C(=O)c1ccc2ccccc2c1O. The Labute approximate surface area is 121 Å². The summed E-state index contributed by atoms with van der Waals surface area (Å²) in [7, 11) is 1.73. The molecule has 0 aliphatic rings. The quantitative estimate of drug-likeness (QED) is 0.880. The second-order valence-electron chi connectivity index (χ2n) is 4.65. The fourth-order valence-electron chi connectivity index (χ4n) is 2.09. The Morgan fingerprint density at radius 2 is 2.00 bits per heavy atom. The molecule has 1 unspecified atom stereocenters. The van der Waals surface area contributed by atoms with Crippen molar-refractivity contribution >= 4 is 32.6 Å². The van der Waals surface area contributed by atoms with Gasteiger partial charge < -0.3 is 10.0 Å². The predicted molar refractivity (Wildman–Crippen MR) is 81.0 cm³/mol. The van der Waals surface area contributed by atoms with E-state index in [1.54, 1.807) is 18.0 Å². The Balaban J connectivity index is 2.40. The normalized spacial score (nSPS) is 12.4. The van der Waals surface area contributed by atoms with E-state index < -0.39 is 0 Å². The monoisotopic (exact) mass is 321 g/mol. The molecule has 0 aliphatic carbocycles. The lowest BCUT2D eigenvalue weighted by atomic mass is 10.0. The summed E-state index contributed by atoms with van der Waals surface area (Å²) in [5.41, 5.74) is 0.342. The Bertz CT molecular complexity index is 610. The van der Waals surface area contributed by atoms with E-state index in [1.807, 2.05) is 37.3 Å². The minimum Gasteiger partial charge on any atom is -0.506 e. The number of hydrogen-bond acceptors (Lipinski definition) is 2. The van der Waals surface area contributed by atoms with Crippen molar-refractivity contribution in [2.45, 2.75) is 11.8 Å². The summed E-state index contributed by atoms with van der Waals surface area (Å²) < 4.78 is 0. The summed E-state index contributed by atoms with van der Waals surface area (Å²) in [5, 5.41) is 11.9. The Morgan fingerprint density at radius 3 is 2.68 bits per heavy atom. The number of phenols is 1. The highest BCUT2D eigenvalue weighted by atomic mass is 79.9. The van der Waals surface area contributed by atoms with Gasteiger partial charge in [-0.15, -0.1) is 0 Å².